The van der Waals surface area contributed by atoms with Gasteiger partial charge in [0.1, 0.15) is 5.82 Å². The molecule has 0 radical (unpaired) electrons. The molecule has 1 aliphatic carbocycles. The Kier molecular flexibility index (Phi) is 4.35. The summed E-state index contributed by atoms with van der Waals surface area (Å²) in [5.74, 6) is 0.580. The quantitative estimate of drug-likeness (QED) is 0.846. The van der Waals surface area contributed by atoms with Crippen molar-refractivity contribution in [3.8, 4) is 0 Å². The van der Waals surface area contributed by atoms with Gasteiger partial charge in [0, 0.05) is 6.04 Å². The molecule has 3 rings (SSSR count). The second-order valence-electron chi connectivity index (χ2n) is 5.89. The average Bonchev–Trinajstić information content (AvgIpc) is 2.46. The molecule has 0 aliphatic heterocycles. The number of nitrogens with one attached hydrogen (secondary N) is 1. The summed E-state index contributed by atoms with van der Waals surface area (Å²) < 4.78 is 13.9. The van der Waals surface area contributed by atoms with Gasteiger partial charge >= 0.3 is 0 Å². The van der Waals surface area contributed by atoms with Crippen LogP contribution in [0.5, 0.6) is 0 Å². The molecule has 2 aromatic carbocycles. The summed E-state index contributed by atoms with van der Waals surface area (Å²) in [6, 6.07) is 15.9. The summed E-state index contributed by atoms with van der Waals surface area (Å²) >= 11 is 0. The third kappa shape index (κ3) is 3.01. The van der Waals surface area contributed by atoms with Crippen molar-refractivity contribution in [2.24, 2.45) is 0 Å². The minimum absolute atomic E-state index is 0.112. The maximum Gasteiger partial charge on any atom is 0.126 e. The molecule has 1 saturated carbocycles. The zero-order valence-corrected chi connectivity index (χ0v) is 12.5. The van der Waals surface area contributed by atoms with Gasteiger partial charge in [-0.3, -0.25) is 0 Å². The van der Waals surface area contributed by atoms with Gasteiger partial charge in [-0.1, -0.05) is 48.9 Å². The van der Waals surface area contributed by atoms with Gasteiger partial charge in [0.05, 0.1) is 0 Å². The Morgan fingerprint density at radius 2 is 1.81 bits per heavy atom. The van der Waals surface area contributed by atoms with Gasteiger partial charge in [-0.15, -0.1) is 0 Å². The highest BCUT2D eigenvalue weighted by Gasteiger charge is 2.24. The van der Waals surface area contributed by atoms with E-state index in [1.54, 1.807) is 12.1 Å². The molecule has 1 aliphatic rings. The maximum absolute atomic E-state index is 13.9. The molecule has 1 atom stereocenters. The van der Waals surface area contributed by atoms with Gasteiger partial charge in [0.25, 0.3) is 0 Å². The molecule has 0 bridgehead atoms. The van der Waals surface area contributed by atoms with Gasteiger partial charge in [-0.05, 0) is 55.0 Å². The van der Waals surface area contributed by atoms with Crippen molar-refractivity contribution in [2.45, 2.75) is 37.6 Å². The Morgan fingerprint density at radius 1 is 1.10 bits per heavy atom. The van der Waals surface area contributed by atoms with Crippen molar-refractivity contribution < 1.29 is 4.39 Å². The van der Waals surface area contributed by atoms with Crippen LogP contribution in [-0.2, 0) is 6.42 Å². The molecule has 0 aromatic heterocycles. The van der Waals surface area contributed by atoms with Crippen LogP contribution in [0.25, 0.3) is 0 Å². The molecule has 0 spiro atoms. The molecule has 1 N–H and O–H groups in total. The van der Waals surface area contributed by atoms with Gasteiger partial charge in [-0.25, -0.2) is 4.39 Å². The Morgan fingerprint density at radius 3 is 2.48 bits per heavy atom. The molecule has 0 heterocycles. The van der Waals surface area contributed by atoms with Crippen molar-refractivity contribution in [1.82, 2.24) is 5.32 Å². The highest BCUT2D eigenvalue weighted by Crippen LogP contribution is 2.39. The highest BCUT2D eigenvalue weighted by atomic mass is 19.1. The van der Waals surface area contributed by atoms with E-state index in [1.807, 2.05) is 19.2 Å². The third-order valence-corrected chi connectivity index (χ3v) is 4.65. The van der Waals surface area contributed by atoms with Crippen LogP contribution in [0.1, 0.15) is 47.9 Å². The molecule has 21 heavy (non-hydrogen) atoms. The second-order valence-corrected chi connectivity index (χ2v) is 5.89. The van der Waals surface area contributed by atoms with E-state index in [9.17, 15) is 4.39 Å². The van der Waals surface area contributed by atoms with Crippen molar-refractivity contribution >= 4 is 0 Å². The monoisotopic (exact) mass is 283 g/mol. The molecule has 1 unspecified atom stereocenters. The summed E-state index contributed by atoms with van der Waals surface area (Å²) in [6.07, 6.45) is 4.59. The average molecular weight is 283 g/mol. The van der Waals surface area contributed by atoms with E-state index in [0.717, 1.165) is 5.56 Å². The number of halogens is 1. The van der Waals surface area contributed by atoms with E-state index >= 15 is 0 Å². The number of hydrogen-bond acceptors (Lipinski definition) is 1. The molecule has 0 saturated heterocycles. The summed E-state index contributed by atoms with van der Waals surface area (Å²) in [6.45, 7) is 0. The van der Waals surface area contributed by atoms with E-state index in [-0.39, 0.29) is 11.9 Å². The number of hydrogen-bond donors (Lipinski definition) is 1. The molecule has 2 aromatic rings. The van der Waals surface area contributed by atoms with Crippen LogP contribution in [0.15, 0.2) is 48.5 Å². The van der Waals surface area contributed by atoms with E-state index in [2.05, 4.69) is 29.6 Å². The second kappa shape index (κ2) is 6.40. The zero-order valence-electron chi connectivity index (χ0n) is 12.5. The van der Waals surface area contributed by atoms with Gasteiger partial charge < -0.3 is 5.32 Å². The number of benzene rings is 2. The SMILES string of the molecule is CNC(Cc1ccccc1F)c1ccccc1C1CCC1. The molecular formula is C19H22FN. The minimum Gasteiger partial charge on any atom is -0.313 e. The fourth-order valence-electron chi connectivity index (χ4n) is 3.17. The molecule has 1 nitrogen and oxygen atoms in total. The summed E-state index contributed by atoms with van der Waals surface area (Å²) in [4.78, 5) is 0. The Balaban J connectivity index is 1.88. The van der Waals surface area contributed by atoms with Crippen LogP contribution in [0, 0.1) is 5.82 Å². The summed E-state index contributed by atoms with van der Waals surface area (Å²) in [5.41, 5.74) is 3.55. The van der Waals surface area contributed by atoms with Crippen LogP contribution < -0.4 is 5.32 Å². The molecule has 2 heteroatoms. The lowest BCUT2D eigenvalue weighted by Crippen LogP contribution is -2.22. The van der Waals surface area contributed by atoms with E-state index in [1.165, 1.54) is 30.4 Å². The van der Waals surface area contributed by atoms with Crippen LogP contribution in [-0.4, -0.2) is 7.05 Å². The smallest absolute Gasteiger partial charge is 0.126 e. The summed E-state index contributed by atoms with van der Waals surface area (Å²) in [5, 5.41) is 3.37. The standard InChI is InChI=1S/C19H22FN/c1-21-19(13-15-7-2-5-12-18(15)20)17-11-4-3-10-16(17)14-8-6-9-14/h2-5,7,10-12,14,19,21H,6,8-9,13H2,1H3. The van der Waals surface area contributed by atoms with E-state index in [0.29, 0.717) is 12.3 Å². The Bertz CT molecular complexity index is 604. The first-order chi connectivity index (χ1) is 10.3. The van der Waals surface area contributed by atoms with Crippen LogP contribution >= 0.6 is 0 Å². The van der Waals surface area contributed by atoms with E-state index < -0.39 is 0 Å². The number of likely N-dealkylation sites (N-methyl/N-ethyl adjacent to an activating group) is 1. The van der Waals surface area contributed by atoms with E-state index in [4.69, 9.17) is 0 Å². The fraction of sp³-hybridized carbons (Fsp3) is 0.368. The van der Waals surface area contributed by atoms with Crippen LogP contribution in [0.4, 0.5) is 4.39 Å². The van der Waals surface area contributed by atoms with Crippen LogP contribution in [0.3, 0.4) is 0 Å². The molecular weight excluding hydrogens is 261 g/mol. The normalized spacial score (nSPS) is 16.5. The number of rotatable bonds is 5. The highest BCUT2D eigenvalue weighted by molar-refractivity contribution is 5.35. The van der Waals surface area contributed by atoms with Gasteiger partial charge in [0.2, 0.25) is 0 Å². The Labute approximate surface area is 126 Å². The molecule has 1 fully saturated rings. The fourth-order valence-corrected chi connectivity index (χ4v) is 3.17. The Hall–Kier alpha value is -1.67. The van der Waals surface area contributed by atoms with Crippen molar-refractivity contribution in [3.63, 3.8) is 0 Å². The zero-order chi connectivity index (χ0) is 14.7. The van der Waals surface area contributed by atoms with Gasteiger partial charge in [0.15, 0.2) is 0 Å². The lowest BCUT2D eigenvalue weighted by molar-refractivity contribution is 0.412. The first-order valence-corrected chi connectivity index (χ1v) is 7.79. The first-order valence-electron chi connectivity index (χ1n) is 7.79. The maximum atomic E-state index is 13.9. The lowest BCUT2D eigenvalue weighted by atomic mass is 9.76. The van der Waals surface area contributed by atoms with Crippen molar-refractivity contribution in [1.29, 1.82) is 0 Å². The van der Waals surface area contributed by atoms with Crippen molar-refractivity contribution in [3.05, 3.63) is 71.0 Å². The third-order valence-electron chi connectivity index (χ3n) is 4.65. The predicted molar refractivity (Wildman–Crippen MR) is 84.9 cm³/mol. The van der Waals surface area contributed by atoms with Crippen LogP contribution in [0.2, 0.25) is 0 Å². The minimum atomic E-state index is -0.112. The largest absolute Gasteiger partial charge is 0.313 e. The first kappa shape index (κ1) is 14.3. The van der Waals surface area contributed by atoms with Crippen molar-refractivity contribution in [2.75, 3.05) is 7.05 Å². The topological polar surface area (TPSA) is 12.0 Å². The van der Waals surface area contributed by atoms with Gasteiger partial charge in [-0.2, -0.15) is 0 Å². The molecule has 110 valence electrons. The molecule has 0 amide bonds. The lowest BCUT2D eigenvalue weighted by Gasteiger charge is -2.30. The predicted octanol–water partition coefficient (Wildman–Crippen LogP) is 4.60. The summed E-state index contributed by atoms with van der Waals surface area (Å²) in [7, 11) is 1.96.